The van der Waals surface area contributed by atoms with Crippen molar-refractivity contribution in [1.29, 1.82) is 0 Å². The van der Waals surface area contributed by atoms with Gasteiger partial charge in [-0.15, -0.1) is 0 Å². The number of benzene rings is 3. The topological polar surface area (TPSA) is 73.9 Å². The number of rotatable bonds is 7. The van der Waals surface area contributed by atoms with Crippen molar-refractivity contribution < 1.29 is 18.7 Å². The lowest BCUT2D eigenvalue weighted by molar-refractivity contribution is -0.117. The maximum absolute atomic E-state index is 14.0. The highest BCUT2D eigenvalue weighted by molar-refractivity contribution is 6.04. The Labute approximate surface area is 198 Å². The summed E-state index contributed by atoms with van der Waals surface area (Å²) in [4.78, 5) is 29.0. The van der Waals surface area contributed by atoms with E-state index in [4.69, 9.17) is 4.74 Å². The third-order valence-electron chi connectivity index (χ3n) is 5.71. The Kier molecular flexibility index (Phi) is 7.39. The molecule has 4 rings (SSSR count). The van der Waals surface area contributed by atoms with E-state index in [-0.39, 0.29) is 24.2 Å². The summed E-state index contributed by atoms with van der Waals surface area (Å²) in [5.41, 5.74) is 2.37. The molecule has 0 radical (unpaired) electrons. The van der Waals surface area contributed by atoms with Gasteiger partial charge in [-0.05, 0) is 60.7 Å². The Morgan fingerprint density at radius 1 is 0.853 bits per heavy atom. The lowest BCUT2D eigenvalue weighted by Gasteiger charge is -2.35. The van der Waals surface area contributed by atoms with Gasteiger partial charge in [-0.25, -0.2) is 4.39 Å². The van der Waals surface area contributed by atoms with Gasteiger partial charge in [0.15, 0.2) is 0 Å². The zero-order valence-corrected chi connectivity index (χ0v) is 19.0. The number of anilines is 3. The highest BCUT2D eigenvalue weighted by Crippen LogP contribution is 2.20. The van der Waals surface area contributed by atoms with Crippen LogP contribution in [0.15, 0.2) is 72.8 Å². The second-order valence-corrected chi connectivity index (χ2v) is 8.02. The van der Waals surface area contributed by atoms with Gasteiger partial charge in [0.2, 0.25) is 5.91 Å². The highest BCUT2D eigenvalue weighted by Gasteiger charge is 2.21. The van der Waals surface area contributed by atoms with E-state index in [1.165, 1.54) is 6.07 Å². The lowest BCUT2D eigenvalue weighted by atomic mass is 10.2. The fraction of sp³-hybridized carbons (Fsp3) is 0.231. The summed E-state index contributed by atoms with van der Waals surface area (Å²) in [5, 5.41) is 5.70. The Balaban J connectivity index is 1.24. The van der Waals surface area contributed by atoms with E-state index in [0.29, 0.717) is 54.6 Å². The Morgan fingerprint density at radius 2 is 1.47 bits per heavy atom. The molecule has 1 aliphatic heterocycles. The van der Waals surface area contributed by atoms with Crippen LogP contribution in [0.4, 0.5) is 21.5 Å². The van der Waals surface area contributed by atoms with Crippen molar-refractivity contribution in [3.8, 4) is 5.75 Å². The van der Waals surface area contributed by atoms with Gasteiger partial charge in [0.05, 0.1) is 19.3 Å². The molecule has 0 atom stereocenters. The van der Waals surface area contributed by atoms with Crippen LogP contribution in [0.5, 0.6) is 5.75 Å². The number of carbonyl (C=O) groups is 2. The van der Waals surface area contributed by atoms with Crippen LogP contribution in [0, 0.1) is 5.82 Å². The molecule has 3 aromatic carbocycles. The predicted octanol–water partition coefficient (Wildman–Crippen LogP) is 3.85. The predicted molar refractivity (Wildman–Crippen MR) is 131 cm³/mol. The van der Waals surface area contributed by atoms with Crippen LogP contribution in [0.25, 0.3) is 0 Å². The average molecular weight is 463 g/mol. The zero-order chi connectivity index (χ0) is 23.9. The molecule has 7 nitrogen and oxygen atoms in total. The molecule has 0 unspecified atom stereocenters. The van der Waals surface area contributed by atoms with Crippen molar-refractivity contribution in [1.82, 2.24) is 4.90 Å². The number of amides is 2. The molecule has 2 amide bonds. The molecule has 1 fully saturated rings. The van der Waals surface area contributed by atoms with E-state index in [0.717, 1.165) is 0 Å². The van der Waals surface area contributed by atoms with Gasteiger partial charge in [0.25, 0.3) is 5.91 Å². The van der Waals surface area contributed by atoms with E-state index in [9.17, 15) is 14.0 Å². The summed E-state index contributed by atoms with van der Waals surface area (Å²) < 4.78 is 19.1. The Bertz CT molecular complexity index is 1130. The second kappa shape index (κ2) is 10.8. The molecule has 1 saturated heterocycles. The summed E-state index contributed by atoms with van der Waals surface area (Å²) in [6.07, 6.45) is 0. The minimum absolute atomic E-state index is 0.130. The van der Waals surface area contributed by atoms with Crippen LogP contribution < -0.4 is 20.3 Å². The summed E-state index contributed by atoms with van der Waals surface area (Å²) in [5.74, 6) is 0.116. The van der Waals surface area contributed by atoms with E-state index in [2.05, 4.69) is 10.6 Å². The zero-order valence-electron chi connectivity index (χ0n) is 19.0. The lowest BCUT2D eigenvalue weighted by Crippen LogP contribution is -2.48. The van der Waals surface area contributed by atoms with Gasteiger partial charge in [-0.3, -0.25) is 14.5 Å². The number of hydrogen-bond acceptors (Lipinski definition) is 5. The molecule has 0 bridgehead atoms. The standard InChI is InChI=1S/C26H27FN4O3/c1-34-22-12-10-21(11-13-22)29-26(33)19-6-8-20(9-7-19)28-25(32)18-30-14-16-31(17-15-30)24-5-3-2-4-23(24)27/h2-13H,14-18H2,1H3,(H,28,32)(H,29,33). The minimum Gasteiger partial charge on any atom is -0.497 e. The molecule has 1 aliphatic rings. The molecule has 8 heteroatoms. The number of halogens is 1. The largest absolute Gasteiger partial charge is 0.497 e. The summed E-state index contributed by atoms with van der Waals surface area (Å²) >= 11 is 0. The molecule has 0 saturated carbocycles. The first kappa shape index (κ1) is 23.3. The van der Waals surface area contributed by atoms with E-state index < -0.39 is 0 Å². The summed E-state index contributed by atoms with van der Waals surface area (Å²) in [7, 11) is 1.59. The van der Waals surface area contributed by atoms with Crippen LogP contribution in [-0.2, 0) is 4.79 Å². The van der Waals surface area contributed by atoms with Crippen LogP contribution in [0.1, 0.15) is 10.4 Å². The second-order valence-electron chi connectivity index (χ2n) is 8.02. The Hall–Kier alpha value is -3.91. The first-order chi connectivity index (χ1) is 16.5. The maximum Gasteiger partial charge on any atom is 0.255 e. The van der Waals surface area contributed by atoms with Crippen molar-refractivity contribution in [3.05, 3.63) is 84.2 Å². The molecule has 34 heavy (non-hydrogen) atoms. The number of para-hydroxylation sites is 1. The average Bonchev–Trinajstić information content (AvgIpc) is 2.86. The van der Waals surface area contributed by atoms with Gasteiger partial charge in [0, 0.05) is 43.1 Å². The molecule has 3 aromatic rings. The molecule has 0 aromatic heterocycles. The fourth-order valence-electron chi connectivity index (χ4n) is 3.84. The fourth-order valence-corrected chi connectivity index (χ4v) is 3.84. The van der Waals surface area contributed by atoms with Gasteiger partial charge < -0.3 is 20.3 Å². The van der Waals surface area contributed by atoms with E-state index in [1.54, 1.807) is 67.8 Å². The van der Waals surface area contributed by atoms with Crippen LogP contribution in [0.2, 0.25) is 0 Å². The number of nitrogens with one attached hydrogen (secondary N) is 2. The molecule has 0 spiro atoms. The number of carbonyl (C=O) groups excluding carboxylic acids is 2. The number of piperazine rings is 1. The molecule has 1 heterocycles. The monoisotopic (exact) mass is 462 g/mol. The normalized spacial score (nSPS) is 13.9. The summed E-state index contributed by atoms with van der Waals surface area (Å²) in [6, 6.07) is 20.6. The summed E-state index contributed by atoms with van der Waals surface area (Å²) in [6.45, 7) is 2.92. The third kappa shape index (κ3) is 5.90. The maximum atomic E-state index is 14.0. The molecule has 2 N–H and O–H groups in total. The van der Waals surface area contributed by atoms with Crippen molar-refractivity contribution >= 4 is 28.9 Å². The SMILES string of the molecule is COc1ccc(NC(=O)c2ccc(NC(=O)CN3CCN(c4ccccc4F)CC3)cc2)cc1. The number of nitrogens with zero attached hydrogens (tertiary/aromatic N) is 2. The molecular formula is C26H27FN4O3. The van der Waals surface area contributed by atoms with Gasteiger partial charge >= 0.3 is 0 Å². The van der Waals surface area contributed by atoms with Gasteiger partial charge in [-0.2, -0.15) is 0 Å². The van der Waals surface area contributed by atoms with Crippen LogP contribution >= 0.6 is 0 Å². The number of hydrogen-bond donors (Lipinski definition) is 2. The number of methoxy groups -OCH3 is 1. The van der Waals surface area contributed by atoms with Gasteiger partial charge in [-0.1, -0.05) is 12.1 Å². The van der Waals surface area contributed by atoms with Crippen LogP contribution in [-0.4, -0.2) is 56.5 Å². The first-order valence-electron chi connectivity index (χ1n) is 11.1. The van der Waals surface area contributed by atoms with E-state index >= 15 is 0 Å². The smallest absolute Gasteiger partial charge is 0.255 e. The third-order valence-corrected chi connectivity index (χ3v) is 5.71. The van der Waals surface area contributed by atoms with E-state index in [1.807, 2.05) is 15.9 Å². The Morgan fingerprint density at radius 3 is 2.12 bits per heavy atom. The van der Waals surface area contributed by atoms with Gasteiger partial charge in [0.1, 0.15) is 11.6 Å². The number of ether oxygens (including phenoxy) is 1. The van der Waals surface area contributed by atoms with Crippen molar-refractivity contribution in [2.75, 3.05) is 55.4 Å². The first-order valence-corrected chi connectivity index (χ1v) is 11.1. The minimum atomic E-state index is -0.240. The molecule has 176 valence electrons. The molecule has 0 aliphatic carbocycles. The van der Waals surface area contributed by atoms with Crippen molar-refractivity contribution in [2.24, 2.45) is 0 Å². The van der Waals surface area contributed by atoms with Crippen LogP contribution in [0.3, 0.4) is 0 Å². The quantitative estimate of drug-likeness (QED) is 0.558. The van der Waals surface area contributed by atoms with Crippen molar-refractivity contribution in [2.45, 2.75) is 0 Å². The van der Waals surface area contributed by atoms with Crippen molar-refractivity contribution in [3.63, 3.8) is 0 Å². The highest BCUT2D eigenvalue weighted by atomic mass is 19.1. The molecular weight excluding hydrogens is 435 g/mol.